The number of nitrogens with zero attached hydrogens (tertiary/aromatic N) is 3. The lowest BCUT2D eigenvalue weighted by atomic mass is 10.0. The van der Waals surface area contributed by atoms with Crippen molar-refractivity contribution in [2.24, 2.45) is 0 Å². The molecule has 1 aliphatic heterocycles. The Hall–Kier alpha value is -2.02. The Morgan fingerprint density at radius 1 is 1.43 bits per heavy atom. The van der Waals surface area contributed by atoms with E-state index in [0.29, 0.717) is 11.6 Å². The van der Waals surface area contributed by atoms with E-state index < -0.39 is 4.92 Å². The van der Waals surface area contributed by atoms with Crippen LogP contribution in [0.1, 0.15) is 17.2 Å². The van der Waals surface area contributed by atoms with Crippen LogP contribution in [0.3, 0.4) is 0 Å². The average molecular weight is 333 g/mol. The summed E-state index contributed by atoms with van der Waals surface area (Å²) in [6.07, 6.45) is 3.61. The predicted molar refractivity (Wildman–Crippen MR) is 88.4 cm³/mol. The molecular weight excluding hydrogens is 316 g/mol. The number of hydrogen-bond donors (Lipinski definition) is 1. The van der Waals surface area contributed by atoms with Gasteiger partial charge >= 0.3 is 0 Å². The minimum absolute atomic E-state index is 0.0671. The van der Waals surface area contributed by atoms with Crippen molar-refractivity contribution >= 4 is 17.3 Å². The molecule has 6 nitrogen and oxygen atoms in total. The maximum atomic E-state index is 11.0. The van der Waals surface area contributed by atoms with Crippen molar-refractivity contribution in [3.8, 4) is 0 Å². The SMILES string of the molecule is O=[N+]([O-])c1ccc(Cl)c(CN2CCNCC2c2cccnc2)c1. The first kappa shape index (κ1) is 15.9. The van der Waals surface area contributed by atoms with Crippen molar-refractivity contribution in [3.63, 3.8) is 0 Å². The van der Waals surface area contributed by atoms with Gasteiger partial charge in [-0.3, -0.25) is 20.0 Å². The Morgan fingerprint density at radius 2 is 2.30 bits per heavy atom. The number of hydrogen-bond acceptors (Lipinski definition) is 5. The van der Waals surface area contributed by atoms with E-state index in [9.17, 15) is 10.1 Å². The van der Waals surface area contributed by atoms with Gasteiger partial charge in [-0.1, -0.05) is 17.7 Å². The molecule has 1 N–H and O–H groups in total. The Balaban J connectivity index is 1.85. The van der Waals surface area contributed by atoms with Crippen LogP contribution in [0, 0.1) is 10.1 Å². The smallest absolute Gasteiger partial charge is 0.269 e. The first-order valence-electron chi connectivity index (χ1n) is 7.42. The van der Waals surface area contributed by atoms with Crippen LogP contribution in [0.4, 0.5) is 5.69 Å². The predicted octanol–water partition coefficient (Wildman–Crippen LogP) is 2.79. The van der Waals surface area contributed by atoms with E-state index in [-0.39, 0.29) is 11.7 Å². The molecule has 7 heteroatoms. The zero-order chi connectivity index (χ0) is 16.2. The van der Waals surface area contributed by atoms with Crippen LogP contribution in [0.5, 0.6) is 0 Å². The van der Waals surface area contributed by atoms with Gasteiger partial charge in [-0.25, -0.2) is 0 Å². The lowest BCUT2D eigenvalue weighted by Crippen LogP contribution is -2.45. The Bertz CT molecular complexity index is 696. The van der Waals surface area contributed by atoms with Crippen molar-refractivity contribution in [3.05, 3.63) is 69.0 Å². The summed E-state index contributed by atoms with van der Waals surface area (Å²) in [6, 6.07) is 8.73. The number of nitro groups is 1. The van der Waals surface area contributed by atoms with E-state index in [4.69, 9.17) is 11.6 Å². The van der Waals surface area contributed by atoms with Gasteiger partial charge in [-0.05, 0) is 23.3 Å². The molecule has 1 fully saturated rings. The van der Waals surface area contributed by atoms with E-state index in [1.54, 1.807) is 18.3 Å². The second kappa shape index (κ2) is 7.04. The molecular formula is C16H17ClN4O2. The highest BCUT2D eigenvalue weighted by Gasteiger charge is 2.25. The molecule has 2 aromatic rings. The molecule has 120 valence electrons. The van der Waals surface area contributed by atoms with Gasteiger partial charge in [0, 0.05) is 61.8 Å². The lowest BCUT2D eigenvalue weighted by Gasteiger charge is -2.36. The van der Waals surface area contributed by atoms with E-state index in [1.165, 1.54) is 6.07 Å². The summed E-state index contributed by atoms with van der Waals surface area (Å²) in [6.45, 7) is 3.11. The van der Waals surface area contributed by atoms with E-state index in [2.05, 4.69) is 15.2 Å². The second-order valence-corrected chi connectivity index (χ2v) is 5.92. The van der Waals surface area contributed by atoms with Gasteiger partial charge in [-0.2, -0.15) is 0 Å². The normalized spacial score (nSPS) is 18.7. The van der Waals surface area contributed by atoms with E-state index in [0.717, 1.165) is 30.8 Å². The summed E-state index contributed by atoms with van der Waals surface area (Å²) in [5.74, 6) is 0. The molecule has 0 bridgehead atoms. The van der Waals surface area contributed by atoms with Gasteiger partial charge in [0.05, 0.1) is 4.92 Å². The van der Waals surface area contributed by atoms with Crippen molar-refractivity contribution in [1.82, 2.24) is 15.2 Å². The summed E-state index contributed by atoms with van der Waals surface area (Å²) in [4.78, 5) is 17.0. The Labute approximate surface area is 139 Å². The fourth-order valence-corrected chi connectivity index (χ4v) is 3.03. The standard InChI is InChI=1S/C16H17ClN4O2/c17-15-4-3-14(21(22)23)8-13(15)11-20-7-6-19-10-16(20)12-2-1-5-18-9-12/h1-5,8-9,16,19H,6-7,10-11H2. The number of aromatic nitrogens is 1. The molecule has 1 aromatic heterocycles. The van der Waals surface area contributed by atoms with Crippen LogP contribution in [0.2, 0.25) is 5.02 Å². The Morgan fingerprint density at radius 3 is 3.04 bits per heavy atom. The van der Waals surface area contributed by atoms with Crippen molar-refractivity contribution < 1.29 is 4.92 Å². The first-order chi connectivity index (χ1) is 11.1. The van der Waals surface area contributed by atoms with Crippen LogP contribution in [-0.4, -0.2) is 34.4 Å². The molecule has 0 amide bonds. The fourth-order valence-electron chi connectivity index (χ4n) is 2.85. The van der Waals surface area contributed by atoms with Gasteiger partial charge in [0.15, 0.2) is 0 Å². The number of pyridine rings is 1. The molecule has 1 atom stereocenters. The number of piperazine rings is 1. The third-order valence-corrected chi connectivity index (χ3v) is 4.41. The zero-order valence-corrected chi connectivity index (χ0v) is 13.2. The zero-order valence-electron chi connectivity index (χ0n) is 12.5. The molecule has 1 saturated heterocycles. The van der Waals surface area contributed by atoms with Crippen LogP contribution >= 0.6 is 11.6 Å². The number of non-ortho nitro benzene ring substituents is 1. The van der Waals surface area contributed by atoms with Crippen LogP contribution in [-0.2, 0) is 6.54 Å². The molecule has 3 rings (SSSR count). The number of benzene rings is 1. The number of halogens is 1. The second-order valence-electron chi connectivity index (χ2n) is 5.51. The average Bonchev–Trinajstić information content (AvgIpc) is 2.58. The van der Waals surface area contributed by atoms with Crippen molar-refractivity contribution in [1.29, 1.82) is 0 Å². The molecule has 1 aromatic carbocycles. The highest BCUT2D eigenvalue weighted by molar-refractivity contribution is 6.31. The monoisotopic (exact) mass is 332 g/mol. The van der Waals surface area contributed by atoms with Gasteiger partial charge < -0.3 is 5.32 Å². The topological polar surface area (TPSA) is 71.3 Å². The summed E-state index contributed by atoms with van der Waals surface area (Å²) >= 11 is 6.24. The summed E-state index contributed by atoms with van der Waals surface area (Å²) in [5, 5.41) is 14.9. The maximum absolute atomic E-state index is 11.0. The fraction of sp³-hybridized carbons (Fsp3) is 0.312. The van der Waals surface area contributed by atoms with Gasteiger partial charge in [0.25, 0.3) is 5.69 Å². The molecule has 0 saturated carbocycles. The molecule has 23 heavy (non-hydrogen) atoms. The van der Waals surface area contributed by atoms with Crippen LogP contribution < -0.4 is 5.32 Å². The van der Waals surface area contributed by atoms with Gasteiger partial charge in [-0.15, -0.1) is 0 Å². The minimum atomic E-state index is -0.393. The summed E-state index contributed by atoms with van der Waals surface area (Å²) in [7, 11) is 0. The maximum Gasteiger partial charge on any atom is 0.269 e. The molecule has 2 heterocycles. The largest absolute Gasteiger partial charge is 0.314 e. The highest BCUT2D eigenvalue weighted by Crippen LogP contribution is 2.28. The third kappa shape index (κ3) is 3.67. The number of rotatable bonds is 4. The highest BCUT2D eigenvalue weighted by atomic mass is 35.5. The molecule has 0 radical (unpaired) electrons. The lowest BCUT2D eigenvalue weighted by molar-refractivity contribution is -0.384. The van der Waals surface area contributed by atoms with Crippen LogP contribution in [0.25, 0.3) is 0 Å². The number of nitro benzene ring substituents is 1. The molecule has 0 aliphatic carbocycles. The molecule has 0 spiro atoms. The Kier molecular flexibility index (Phi) is 4.85. The van der Waals surface area contributed by atoms with Gasteiger partial charge in [0.2, 0.25) is 0 Å². The van der Waals surface area contributed by atoms with Crippen molar-refractivity contribution in [2.75, 3.05) is 19.6 Å². The summed E-state index contributed by atoms with van der Waals surface area (Å²) in [5.41, 5.74) is 1.97. The minimum Gasteiger partial charge on any atom is -0.314 e. The summed E-state index contributed by atoms with van der Waals surface area (Å²) < 4.78 is 0. The van der Waals surface area contributed by atoms with E-state index >= 15 is 0 Å². The molecule has 1 aliphatic rings. The first-order valence-corrected chi connectivity index (χ1v) is 7.80. The quantitative estimate of drug-likeness (QED) is 0.688. The van der Waals surface area contributed by atoms with Gasteiger partial charge in [0.1, 0.15) is 0 Å². The van der Waals surface area contributed by atoms with E-state index in [1.807, 2.05) is 18.3 Å². The van der Waals surface area contributed by atoms with Crippen molar-refractivity contribution in [2.45, 2.75) is 12.6 Å². The van der Waals surface area contributed by atoms with Crippen LogP contribution in [0.15, 0.2) is 42.7 Å². The third-order valence-electron chi connectivity index (χ3n) is 4.04. The molecule has 1 unspecified atom stereocenters. The number of nitrogens with one attached hydrogen (secondary N) is 1.